The third-order valence-corrected chi connectivity index (χ3v) is 4.95. The van der Waals surface area contributed by atoms with E-state index in [1.807, 2.05) is 0 Å². The van der Waals surface area contributed by atoms with Crippen molar-refractivity contribution in [1.29, 1.82) is 0 Å². The summed E-state index contributed by atoms with van der Waals surface area (Å²) in [5.74, 6) is 2.07. The number of hydrogen-bond donors (Lipinski definition) is 1. The Morgan fingerprint density at radius 3 is 2.70 bits per heavy atom. The zero-order valence-corrected chi connectivity index (χ0v) is 15.9. The molecule has 0 aliphatic heterocycles. The van der Waals surface area contributed by atoms with Gasteiger partial charge in [-0.3, -0.25) is 4.79 Å². The van der Waals surface area contributed by atoms with Crippen molar-refractivity contribution in [3.8, 4) is 5.75 Å². The number of nitrogens with one attached hydrogen (secondary N) is 1. The van der Waals surface area contributed by atoms with Gasteiger partial charge in [-0.15, -0.1) is 0 Å². The van der Waals surface area contributed by atoms with Gasteiger partial charge in [-0.2, -0.15) is 11.8 Å². The summed E-state index contributed by atoms with van der Waals surface area (Å²) in [6.07, 6.45) is 0. The Balaban J connectivity index is 1.37. The Labute approximate surface area is 161 Å². The normalized spacial score (nSPS) is 10.7. The van der Waals surface area contributed by atoms with Crippen LogP contribution in [0, 0.1) is 6.92 Å². The Hall–Kier alpha value is -2.73. The number of thioether (sulfide) groups is 1. The van der Waals surface area contributed by atoms with Gasteiger partial charge >= 0.3 is 5.63 Å². The number of ether oxygens (including phenoxy) is 1. The molecule has 1 heterocycles. The molecule has 6 heteroatoms. The minimum atomic E-state index is -0.416. The van der Waals surface area contributed by atoms with Crippen LogP contribution in [0.1, 0.15) is 11.1 Å². The maximum atomic E-state index is 11.9. The van der Waals surface area contributed by atoms with Gasteiger partial charge in [0.25, 0.3) is 5.91 Å². The van der Waals surface area contributed by atoms with Crippen molar-refractivity contribution in [3.05, 3.63) is 76.1 Å². The van der Waals surface area contributed by atoms with E-state index in [1.54, 1.807) is 36.0 Å². The molecular formula is C21H21NO4S. The van der Waals surface area contributed by atoms with E-state index in [1.165, 1.54) is 17.2 Å². The fourth-order valence-electron chi connectivity index (χ4n) is 2.47. The predicted molar refractivity (Wildman–Crippen MR) is 108 cm³/mol. The second kappa shape index (κ2) is 9.28. The Kier molecular flexibility index (Phi) is 6.54. The van der Waals surface area contributed by atoms with Crippen molar-refractivity contribution in [1.82, 2.24) is 5.32 Å². The van der Waals surface area contributed by atoms with Crippen molar-refractivity contribution >= 4 is 28.6 Å². The van der Waals surface area contributed by atoms with Crippen LogP contribution in [-0.2, 0) is 10.5 Å². The van der Waals surface area contributed by atoms with Gasteiger partial charge in [-0.25, -0.2) is 4.79 Å². The van der Waals surface area contributed by atoms with E-state index in [9.17, 15) is 9.59 Å². The summed E-state index contributed by atoms with van der Waals surface area (Å²) in [6.45, 7) is 2.58. The van der Waals surface area contributed by atoms with Crippen LogP contribution in [0.3, 0.4) is 0 Å². The number of amides is 1. The molecule has 140 valence electrons. The van der Waals surface area contributed by atoms with E-state index in [4.69, 9.17) is 9.15 Å². The number of carbonyl (C=O) groups excluding carboxylic acids is 1. The molecule has 2 aromatic carbocycles. The Morgan fingerprint density at radius 1 is 1.11 bits per heavy atom. The molecule has 1 aromatic heterocycles. The highest BCUT2D eigenvalue weighted by molar-refractivity contribution is 7.98. The summed E-state index contributed by atoms with van der Waals surface area (Å²) in [6, 6.07) is 16.7. The molecule has 0 atom stereocenters. The topological polar surface area (TPSA) is 68.5 Å². The average Bonchev–Trinajstić information content (AvgIpc) is 2.67. The standard InChI is InChI=1S/C21H21NO4S/c1-15-2-4-16(5-3-15)14-27-11-10-22-20(23)13-25-18-8-6-17-7-9-21(24)26-19(17)12-18/h2-9,12H,10-11,13-14H2,1H3,(H,22,23). The maximum Gasteiger partial charge on any atom is 0.336 e. The first-order valence-corrected chi connectivity index (χ1v) is 9.82. The van der Waals surface area contributed by atoms with Gasteiger partial charge in [0.05, 0.1) is 0 Å². The number of carbonyl (C=O) groups is 1. The second-order valence-electron chi connectivity index (χ2n) is 6.13. The Bertz CT molecular complexity index is 966. The summed E-state index contributed by atoms with van der Waals surface area (Å²) >= 11 is 1.77. The molecular weight excluding hydrogens is 362 g/mol. The number of hydrogen-bond acceptors (Lipinski definition) is 5. The third kappa shape index (κ3) is 5.89. The molecule has 0 saturated heterocycles. The van der Waals surface area contributed by atoms with E-state index in [0.29, 0.717) is 17.9 Å². The first-order chi connectivity index (χ1) is 13.1. The number of fused-ring (bicyclic) bond motifs is 1. The van der Waals surface area contributed by atoms with E-state index in [2.05, 4.69) is 36.5 Å². The van der Waals surface area contributed by atoms with Crippen LogP contribution in [-0.4, -0.2) is 24.8 Å². The summed E-state index contributed by atoms with van der Waals surface area (Å²) in [4.78, 5) is 23.2. The van der Waals surface area contributed by atoms with Gasteiger partial charge in [0.2, 0.25) is 0 Å². The predicted octanol–water partition coefficient (Wildman–Crippen LogP) is 3.53. The summed E-state index contributed by atoms with van der Waals surface area (Å²) < 4.78 is 10.6. The lowest BCUT2D eigenvalue weighted by molar-refractivity contribution is -0.122. The first kappa shape index (κ1) is 19.0. The SMILES string of the molecule is Cc1ccc(CSCCNC(=O)COc2ccc3ccc(=O)oc3c2)cc1. The van der Waals surface area contributed by atoms with Crippen LogP contribution in [0.2, 0.25) is 0 Å². The van der Waals surface area contributed by atoms with Crippen LogP contribution in [0.25, 0.3) is 11.0 Å². The molecule has 0 aliphatic rings. The summed E-state index contributed by atoms with van der Waals surface area (Å²) in [7, 11) is 0. The molecule has 5 nitrogen and oxygen atoms in total. The maximum absolute atomic E-state index is 11.9. The van der Waals surface area contributed by atoms with Gasteiger partial charge in [0.1, 0.15) is 11.3 Å². The molecule has 0 spiro atoms. The van der Waals surface area contributed by atoms with Crippen LogP contribution >= 0.6 is 11.8 Å². The second-order valence-corrected chi connectivity index (χ2v) is 7.24. The number of benzene rings is 2. The molecule has 27 heavy (non-hydrogen) atoms. The zero-order chi connectivity index (χ0) is 19.1. The first-order valence-electron chi connectivity index (χ1n) is 8.67. The number of rotatable bonds is 8. The van der Waals surface area contributed by atoms with E-state index in [-0.39, 0.29) is 12.5 Å². The molecule has 0 fully saturated rings. The molecule has 0 radical (unpaired) electrons. The molecule has 3 rings (SSSR count). The van der Waals surface area contributed by atoms with Crippen LogP contribution < -0.4 is 15.7 Å². The average molecular weight is 383 g/mol. The third-order valence-electron chi connectivity index (χ3n) is 3.92. The Morgan fingerprint density at radius 2 is 1.89 bits per heavy atom. The van der Waals surface area contributed by atoms with Gasteiger partial charge < -0.3 is 14.5 Å². The molecule has 3 aromatic rings. The highest BCUT2D eigenvalue weighted by Crippen LogP contribution is 2.19. The summed E-state index contributed by atoms with van der Waals surface area (Å²) in [5.41, 5.74) is 2.56. The monoisotopic (exact) mass is 383 g/mol. The van der Waals surface area contributed by atoms with Crippen LogP contribution in [0.4, 0.5) is 0 Å². The smallest absolute Gasteiger partial charge is 0.336 e. The number of aryl methyl sites for hydroxylation is 1. The van der Waals surface area contributed by atoms with Gasteiger partial charge in [0, 0.05) is 35.6 Å². The van der Waals surface area contributed by atoms with Crippen molar-refractivity contribution in [2.75, 3.05) is 18.9 Å². The minimum Gasteiger partial charge on any atom is -0.484 e. The highest BCUT2D eigenvalue weighted by atomic mass is 32.2. The lowest BCUT2D eigenvalue weighted by atomic mass is 10.2. The van der Waals surface area contributed by atoms with Gasteiger partial charge in [0.15, 0.2) is 6.61 Å². The lowest BCUT2D eigenvalue weighted by Gasteiger charge is -2.08. The highest BCUT2D eigenvalue weighted by Gasteiger charge is 2.05. The summed E-state index contributed by atoms with van der Waals surface area (Å²) in [5, 5.41) is 3.64. The lowest BCUT2D eigenvalue weighted by Crippen LogP contribution is -2.30. The quantitative estimate of drug-likeness (QED) is 0.476. The van der Waals surface area contributed by atoms with Gasteiger partial charge in [-0.1, -0.05) is 29.8 Å². The van der Waals surface area contributed by atoms with E-state index < -0.39 is 5.63 Å². The van der Waals surface area contributed by atoms with Crippen molar-refractivity contribution < 1.29 is 13.9 Å². The van der Waals surface area contributed by atoms with E-state index >= 15 is 0 Å². The van der Waals surface area contributed by atoms with Crippen molar-refractivity contribution in [3.63, 3.8) is 0 Å². The van der Waals surface area contributed by atoms with Crippen molar-refractivity contribution in [2.45, 2.75) is 12.7 Å². The van der Waals surface area contributed by atoms with Gasteiger partial charge in [-0.05, 0) is 30.7 Å². The molecule has 0 unspecified atom stereocenters. The fourth-order valence-corrected chi connectivity index (χ4v) is 3.29. The zero-order valence-electron chi connectivity index (χ0n) is 15.1. The largest absolute Gasteiger partial charge is 0.484 e. The molecule has 0 saturated carbocycles. The van der Waals surface area contributed by atoms with E-state index in [0.717, 1.165) is 16.9 Å². The molecule has 0 bridgehead atoms. The van der Waals surface area contributed by atoms with Crippen LogP contribution in [0.5, 0.6) is 5.75 Å². The molecule has 1 N–H and O–H groups in total. The van der Waals surface area contributed by atoms with Crippen molar-refractivity contribution in [2.24, 2.45) is 0 Å². The molecule has 1 amide bonds. The minimum absolute atomic E-state index is 0.0782. The fraction of sp³-hybridized carbons (Fsp3) is 0.238. The molecule has 0 aliphatic carbocycles. The van der Waals surface area contributed by atoms with Crippen LogP contribution in [0.15, 0.2) is 63.8 Å².